The second-order valence-corrected chi connectivity index (χ2v) is 4.64. The van der Waals surface area contributed by atoms with Crippen LogP contribution in [0.25, 0.3) is 0 Å². The lowest BCUT2D eigenvalue weighted by molar-refractivity contribution is 0.229. The molecule has 1 saturated heterocycles. The van der Waals surface area contributed by atoms with Crippen LogP contribution in [-0.4, -0.2) is 30.6 Å². The van der Waals surface area contributed by atoms with Crippen LogP contribution in [0.4, 0.5) is 5.69 Å². The van der Waals surface area contributed by atoms with Gasteiger partial charge in [-0.1, -0.05) is 6.92 Å². The molecule has 1 fully saturated rings. The van der Waals surface area contributed by atoms with E-state index in [-0.39, 0.29) is 0 Å². The number of thiophene rings is 1. The van der Waals surface area contributed by atoms with Crippen molar-refractivity contribution in [2.45, 2.75) is 25.8 Å². The van der Waals surface area contributed by atoms with E-state index in [1.165, 1.54) is 38.2 Å². The van der Waals surface area contributed by atoms with Crippen molar-refractivity contribution < 1.29 is 0 Å². The van der Waals surface area contributed by atoms with E-state index in [0.717, 1.165) is 0 Å². The molecule has 0 amide bonds. The molecule has 0 unspecified atom stereocenters. The number of piperidine rings is 1. The summed E-state index contributed by atoms with van der Waals surface area (Å²) in [7, 11) is 0. The summed E-state index contributed by atoms with van der Waals surface area (Å²) in [6, 6.07) is 2.85. The van der Waals surface area contributed by atoms with Gasteiger partial charge in [0.15, 0.2) is 0 Å². The molecule has 1 N–H and O–H groups in total. The Morgan fingerprint density at radius 2 is 2.29 bits per heavy atom. The fourth-order valence-electron chi connectivity index (χ4n) is 1.98. The molecule has 78 valence electrons. The predicted octanol–water partition coefficient (Wildman–Crippen LogP) is 2.64. The molecule has 1 aliphatic heterocycles. The third-order valence-electron chi connectivity index (χ3n) is 2.93. The number of hydrogen-bond acceptors (Lipinski definition) is 3. The highest BCUT2D eigenvalue weighted by atomic mass is 32.1. The van der Waals surface area contributed by atoms with Crippen LogP contribution < -0.4 is 5.32 Å². The van der Waals surface area contributed by atoms with Crippen LogP contribution >= 0.6 is 11.3 Å². The summed E-state index contributed by atoms with van der Waals surface area (Å²) < 4.78 is 0. The summed E-state index contributed by atoms with van der Waals surface area (Å²) in [6.07, 6.45) is 2.56. The van der Waals surface area contributed by atoms with E-state index in [1.54, 1.807) is 11.3 Å². The molecule has 1 aromatic rings. The van der Waals surface area contributed by atoms with Crippen molar-refractivity contribution in [3.05, 3.63) is 16.8 Å². The minimum atomic E-state index is 0.687. The fraction of sp³-hybridized carbons (Fsp3) is 0.636. The molecule has 1 aliphatic rings. The normalized spacial score (nSPS) is 19.8. The van der Waals surface area contributed by atoms with Crippen molar-refractivity contribution in [3.8, 4) is 0 Å². The minimum absolute atomic E-state index is 0.687. The maximum atomic E-state index is 3.59. The summed E-state index contributed by atoms with van der Waals surface area (Å²) in [4.78, 5) is 2.52. The van der Waals surface area contributed by atoms with E-state index in [4.69, 9.17) is 0 Å². The molecule has 0 aliphatic carbocycles. The van der Waals surface area contributed by atoms with Crippen LogP contribution in [0.2, 0.25) is 0 Å². The van der Waals surface area contributed by atoms with Crippen LogP contribution in [0, 0.1) is 0 Å². The van der Waals surface area contributed by atoms with Gasteiger partial charge in [0.1, 0.15) is 0 Å². The molecule has 3 heteroatoms. The Bertz CT molecular complexity index is 250. The molecule has 0 bridgehead atoms. The third kappa shape index (κ3) is 2.49. The first-order chi connectivity index (χ1) is 6.88. The summed E-state index contributed by atoms with van der Waals surface area (Å²) in [6.45, 7) is 5.94. The first-order valence-corrected chi connectivity index (χ1v) is 6.34. The first kappa shape index (κ1) is 9.99. The molecule has 2 heterocycles. The van der Waals surface area contributed by atoms with Gasteiger partial charge in [0, 0.05) is 30.2 Å². The van der Waals surface area contributed by atoms with Crippen molar-refractivity contribution in [1.82, 2.24) is 4.90 Å². The Kier molecular flexibility index (Phi) is 3.43. The van der Waals surface area contributed by atoms with Crippen molar-refractivity contribution in [3.63, 3.8) is 0 Å². The van der Waals surface area contributed by atoms with E-state index in [9.17, 15) is 0 Å². The highest BCUT2D eigenvalue weighted by Crippen LogP contribution is 2.18. The standard InChI is InChI=1S/C11H18N2S/c1-2-13-6-3-10(4-7-13)12-11-5-8-14-9-11/h5,8-10,12H,2-4,6-7H2,1H3. The molecule has 0 radical (unpaired) electrons. The summed E-state index contributed by atoms with van der Waals surface area (Å²) in [5, 5.41) is 7.90. The van der Waals surface area contributed by atoms with Gasteiger partial charge in [-0.05, 0) is 30.8 Å². The van der Waals surface area contributed by atoms with Crippen molar-refractivity contribution >= 4 is 17.0 Å². The Morgan fingerprint density at radius 3 is 2.86 bits per heavy atom. The fourth-order valence-corrected chi connectivity index (χ4v) is 2.57. The van der Waals surface area contributed by atoms with Crippen molar-refractivity contribution in [1.29, 1.82) is 0 Å². The molecular formula is C11H18N2S. The highest BCUT2D eigenvalue weighted by molar-refractivity contribution is 7.08. The van der Waals surface area contributed by atoms with Crippen LogP contribution in [0.3, 0.4) is 0 Å². The molecule has 14 heavy (non-hydrogen) atoms. The SMILES string of the molecule is CCN1CCC(Nc2ccsc2)CC1. The van der Waals surface area contributed by atoms with Crippen molar-refractivity contribution in [2.24, 2.45) is 0 Å². The van der Waals surface area contributed by atoms with Gasteiger partial charge in [0.25, 0.3) is 0 Å². The van der Waals surface area contributed by atoms with Gasteiger partial charge in [-0.2, -0.15) is 11.3 Å². The molecule has 2 rings (SSSR count). The van der Waals surface area contributed by atoms with E-state index in [0.29, 0.717) is 6.04 Å². The zero-order valence-electron chi connectivity index (χ0n) is 8.70. The maximum absolute atomic E-state index is 3.59. The molecule has 0 saturated carbocycles. The smallest absolute Gasteiger partial charge is 0.0450 e. The maximum Gasteiger partial charge on any atom is 0.0450 e. The van der Waals surface area contributed by atoms with Crippen LogP contribution in [0.15, 0.2) is 16.8 Å². The molecule has 0 spiro atoms. The minimum Gasteiger partial charge on any atom is -0.382 e. The molecule has 1 aromatic heterocycles. The van der Waals surface area contributed by atoms with Crippen LogP contribution in [0.1, 0.15) is 19.8 Å². The number of rotatable bonds is 3. The predicted molar refractivity (Wildman–Crippen MR) is 63.1 cm³/mol. The topological polar surface area (TPSA) is 15.3 Å². The Balaban J connectivity index is 1.79. The van der Waals surface area contributed by atoms with Gasteiger partial charge in [-0.15, -0.1) is 0 Å². The second kappa shape index (κ2) is 4.80. The Hall–Kier alpha value is -0.540. The highest BCUT2D eigenvalue weighted by Gasteiger charge is 2.17. The largest absolute Gasteiger partial charge is 0.382 e. The van der Waals surface area contributed by atoms with E-state index < -0.39 is 0 Å². The van der Waals surface area contributed by atoms with Crippen LogP contribution in [-0.2, 0) is 0 Å². The van der Waals surface area contributed by atoms with Gasteiger partial charge >= 0.3 is 0 Å². The average Bonchev–Trinajstić information content (AvgIpc) is 2.72. The Morgan fingerprint density at radius 1 is 1.50 bits per heavy atom. The molecule has 0 atom stereocenters. The quantitative estimate of drug-likeness (QED) is 0.825. The monoisotopic (exact) mass is 210 g/mol. The molecular weight excluding hydrogens is 192 g/mol. The lowest BCUT2D eigenvalue weighted by atomic mass is 10.1. The molecule has 2 nitrogen and oxygen atoms in total. The summed E-state index contributed by atoms with van der Waals surface area (Å²) in [5.74, 6) is 0. The van der Waals surface area contributed by atoms with Gasteiger partial charge in [0.05, 0.1) is 0 Å². The zero-order chi connectivity index (χ0) is 9.80. The number of anilines is 1. The number of nitrogens with zero attached hydrogens (tertiary/aromatic N) is 1. The lowest BCUT2D eigenvalue weighted by Gasteiger charge is -2.31. The zero-order valence-corrected chi connectivity index (χ0v) is 9.52. The number of likely N-dealkylation sites (tertiary alicyclic amines) is 1. The van der Waals surface area contributed by atoms with Gasteiger partial charge in [-0.25, -0.2) is 0 Å². The van der Waals surface area contributed by atoms with Gasteiger partial charge in [-0.3, -0.25) is 0 Å². The van der Waals surface area contributed by atoms with E-state index in [1.807, 2.05) is 0 Å². The first-order valence-electron chi connectivity index (χ1n) is 5.39. The summed E-state index contributed by atoms with van der Waals surface area (Å²) >= 11 is 1.76. The summed E-state index contributed by atoms with van der Waals surface area (Å²) in [5.41, 5.74) is 1.30. The van der Waals surface area contributed by atoms with E-state index >= 15 is 0 Å². The molecule has 0 aromatic carbocycles. The van der Waals surface area contributed by atoms with E-state index in [2.05, 4.69) is 34.0 Å². The van der Waals surface area contributed by atoms with Gasteiger partial charge in [0.2, 0.25) is 0 Å². The van der Waals surface area contributed by atoms with Gasteiger partial charge < -0.3 is 10.2 Å². The second-order valence-electron chi connectivity index (χ2n) is 3.86. The average molecular weight is 210 g/mol. The van der Waals surface area contributed by atoms with Crippen molar-refractivity contribution in [2.75, 3.05) is 25.0 Å². The third-order valence-corrected chi connectivity index (χ3v) is 3.61. The lowest BCUT2D eigenvalue weighted by Crippen LogP contribution is -2.38. The number of nitrogens with one attached hydrogen (secondary N) is 1. The number of hydrogen-bond donors (Lipinski definition) is 1. The van der Waals surface area contributed by atoms with Crippen LogP contribution in [0.5, 0.6) is 0 Å². The Labute approximate surface area is 89.9 Å².